The Labute approximate surface area is 107 Å². The molecule has 2 N–H and O–H groups in total. The van der Waals surface area contributed by atoms with Crippen LogP contribution in [-0.2, 0) is 10.2 Å². The molecule has 0 heterocycles. The van der Waals surface area contributed by atoms with Crippen LogP contribution in [0.5, 0.6) is 5.75 Å². The third-order valence-electron chi connectivity index (χ3n) is 3.42. The van der Waals surface area contributed by atoms with Crippen molar-refractivity contribution >= 4 is 5.97 Å². The molecule has 0 spiro atoms. The molecule has 1 aromatic carbocycles. The fourth-order valence-electron chi connectivity index (χ4n) is 2.18. The van der Waals surface area contributed by atoms with Crippen LogP contribution in [0.3, 0.4) is 0 Å². The highest BCUT2D eigenvalue weighted by Gasteiger charge is 2.36. The first kappa shape index (κ1) is 14.5. The minimum atomic E-state index is -1.07. The normalized spacial score (nSPS) is 14.1. The van der Waals surface area contributed by atoms with Crippen LogP contribution in [0, 0.1) is 13.8 Å². The monoisotopic (exact) mass is 252 g/mol. The van der Waals surface area contributed by atoms with Crippen molar-refractivity contribution in [1.29, 1.82) is 0 Å². The van der Waals surface area contributed by atoms with Gasteiger partial charge in [0.25, 0.3) is 0 Å². The lowest BCUT2D eigenvalue weighted by Gasteiger charge is -2.27. The summed E-state index contributed by atoms with van der Waals surface area (Å²) in [6.07, 6.45) is 0.189. The van der Waals surface area contributed by atoms with Crippen LogP contribution in [0.2, 0.25) is 0 Å². The largest absolute Gasteiger partial charge is 0.496 e. The number of benzene rings is 1. The van der Waals surface area contributed by atoms with Crippen molar-refractivity contribution in [1.82, 2.24) is 0 Å². The molecule has 4 heteroatoms. The third-order valence-corrected chi connectivity index (χ3v) is 3.42. The van der Waals surface area contributed by atoms with Crippen LogP contribution in [0.1, 0.15) is 30.0 Å². The van der Waals surface area contributed by atoms with Gasteiger partial charge in [0.2, 0.25) is 0 Å². The number of hydrogen-bond acceptors (Lipinski definition) is 3. The van der Waals surface area contributed by atoms with Crippen LogP contribution in [-0.4, -0.2) is 29.9 Å². The predicted octanol–water partition coefficient (Wildman–Crippen LogP) is 2.04. The first-order valence-corrected chi connectivity index (χ1v) is 5.86. The van der Waals surface area contributed by atoms with Gasteiger partial charge >= 0.3 is 5.97 Å². The van der Waals surface area contributed by atoms with E-state index in [4.69, 9.17) is 9.84 Å². The second kappa shape index (κ2) is 5.40. The molecular formula is C14H20O4. The van der Waals surface area contributed by atoms with Crippen molar-refractivity contribution in [2.75, 3.05) is 13.7 Å². The molecule has 0 aromatic heterocycles. The number of carboxylic acid groups (broad SMARTS) is 1. The van der Waals surface area contributed by atoms with Crippen molar-refractivity contribution in [2.45, 2.75) is 32.6 Å². The molecule has 1 atom stereocenters. The van der Waals surface area contributed by atoms with Crippen LogP contribution >= 0.6 is 0 Å². The van der Waals surface area contributed by atoms with Gasteiger partial charge < -0.3 is 14.9 Å². The lowest BCUT2D eigenvalue weighted by Crippen LogP contribution is -2.34. The van der Waals surface area contributed by atoms with E-state index in [1.54, 1.807) is 14.0 Å². The fourth-order valence-corrected chi connectivity index (χ4v) is 2.18. The molecule has 0 radical (unpaired) electrons. The van der Waals surface area contributed by atoms with Crippen molar-refractivity contribution in [2.24, 2.45) is 0 Å². The SMILES string of the molecule is COc1cc(C)c(C(C)(CCO)C(=O)O)cc1C. The van der Waals surface area contributed by atoms with Gasteiger partial charge in [-0.25, -0.2) is 0 Å². The van der Waals surface area contributed by atoms with Gasteiger partial charge in [-0.2, -0.15) is 0 Å². The average Bonchev–Trinajstić information content (AvgIpc) is 2.31. The Hall–Kier alpha value is -1.55. The van der Waals surface area contributed by atoms with Gasteiger partial charge in [0, 0.05) is 6.61 Å². The molecule has 0 aliphatic rings. The molecule has 0 fully saturated rings. The summed E-state index contributed by atoms with van der Waals surface area (Å²) >= 11 is 0. The van der Waals surface area contributed by atoms with Crippen LogP contribution < -0.4 is 4.74 Å². The van der Waals surface area contributed by atoms with Crippen molar-refractivity contribution in [3.05, 3.63) is 28.8 Å². The molecule has 4 nitrogen and oxygen atoms in total. The van der Waals surface area contributed by atoms with E-state index in [-0.39, 0.29) is 13.0 Å². The zero-order valence-electron chi connectivity index (χ0n) is 11.3. The molecule has 0 amide bonds. The number of aliphatic hydroxyl groups excluding tert-OH is 1. The minimum Gasteiger partial charge on any atom is -0.496 e. The van der Waals surface area contributed by atoms with Crippen LogP contribution in [0.25, 0.3) is 0 Å². The summed E-state index contributed by atoms with van der Waals surface area (Å²) in [5.74, 6) is -0.183. The molecule has 0 aliphatic carbocycles. The molecule has 100 valence electrons. The van der Waals surface area contributed by atoms with E-state index < -0.39 is 11.4 Å². The number of ether oxygens (including phenoxy) is 1. The molecule has 1 aromatic rings. The van der Waals surface area contributed by atoms with Crippen LogP contribution in [0.15, 0.2) is 12.1 Å². The first-order chi connectivity index (χ1) is 8.36. The number of methoxy groups -OCH3 is 1. The number of carboxylic acids is 1. The van der Waals surface area contributed by atoms with Crippen LogP contribution in [0.4, 0.5) is 0 Å². The quantitative estimate of drug-likeness (QED) is 0.841. The van der Waals surface area contributed by atoms with E-state index in [9.17, 15) is 9.90 Å². The maximum absolute atomic E-state index is 11.5. The van der Waals surface area contributed by atoms with Crippen molar-refractivity contribution in [3.8, 4) is 5.75 Å². The van der Waals surface area contributed by atoms with E-state index in [0.29, 0.717) is 0 Å². The fraction of sp³-hybridized carbons (Fsp3) is 0.500. The highest BCUT2D eigenvalue weighted by Crippen LogP contribution is 2.34. The maximum atomic E-state index is 11.5. The summed E-state index contributed by atoms with van der Waals surface area (Å²) in [5, 5.41) is 18.5. The maximum Gasteiger partial charge on any atom is 0.313 e. The highest BCUT2D eigenvalue weighted by molar-refractivity contribution is 5.81. The summed E-state index contributed by atoms with van der Waals surface area (Å²) in [4.78, 5) is 11.5. The minimum absolute atomic E-state index is 0.159. The van der Waals surface area contributed by atoms with Gasteiger partial charge in [0.15, 0.2) is 0 Å². The number of aliphatic hydroxyl groups is 1. The van der Waals surface area contributed by atoms with Gasteiger partial charge in [-0.1, -0.05) is 6.07 Å². The van der Waals surface area contributed by atoms with Gasteiger partial charge in [-0.15, -0.1) is 0 Å². The summed E-state index contributed by atoms with van der Waals surface area (Å²) < 4.78 is 5.22. The number of aryl methyl sites for hydroxylation is 2. The van der Waals surface area contributed by atoms with Crippen molar-refractivity contribution < 1.29 is 19.7 Å². The van der Waals surface area contributed by atoms with E-state index in [0.717, 1.165) is 22.4 Å². The summed E-state index contributed by atoms with van der Waals surface area (Å²) in [7, 11) is 1.59. The first-order valence-electron chi connectivity index (χ1n) is 5.86. The Balaban J connectivity index is 3.38. The van der Waals surface area contributed by atoms with E-state index in [2.05, 4.69) is 0 Å². The van der Waals surface area contributed by atoms with Gasteiger partial charge in [-0.05, 0) is 49.9 Å². The lowest BCUT2D eigenvalue weighted by atomic mass is 9.77. The molecule has 1 rings (SSSR count). The number of carbonyl (C=O) groups is 1. The highest BCUT2D eigenvalue weighted by atomic mass is 16.5. The smallest absolute Gasteiger partial charge is 0.313 e. The Morgan fingerprint density at radius 3 is 2.39 bits per heavy atom. The Bertz CT molecular complexity index is 453. The molecule has 1 unspecified atom stereocenters. The second-order valence-electron chi connectivity index (χ2n) is 4.75. The standard InChI is InChI=1S/C14H20O4/c1-9-8-12(18-4)10(2)7-11(9)14(3,5-6-15)13(16)17/h7-8,15H,5-6H2,1-4H3,(H,16,17). The van der Waals surface area contributed by atoms with Gasteiger partial charge in [0.1, 0.15) is 5.75 Å². The Morgan fingerprint density at radius 1 is 1.33 bits per heavy atom. The molecule has 0 bridgehead atoms. The summed E-state index contributed by atoms with van der Waals surface area (Å²) in [5.41, 5.74) is 1.40. The van der Waals surface area contributed by atoms with Gasteiger partial charge in [-0.3, -0.25) is 4.79 Å². The molecular weight excluding hydrogens is 232 g/mol. The molecule has 0 saturated carbocycles. The zero-order valence-corrected chi connectivity index (χ0v) is 11.3. The Kier molecular flexibility index (Phi) is 4.35. The number of aliphatic carboxylic acids is 1. The van der Waals surface area contributed by atoms with E-state index in [1.807, 2.05) is 26.0 Å². The third kappa shape index (κ3) is 2.48. The van der Waals surface area contributed by atoms with E-state index in [1.165, 1.54) is 0 Å². The van der Waals surface area contributed by atoms with Crippen molar-refractivity contribution in [3.63, 3.8) is 0 Å². The topological polar surface area (TPSA) is 66.8 Å². The number of hydrogen-bond donors (Lipinski definition) is 2. The second-order valence-corrected chi connectivity index (χ2v) is 4.75. The summed E-state index contributed by atoms with van der Waals surface area (Å²) in [6.45, 7) is 5.21. The zero-order chi connectivity index (χ0) is 13.9. The predicted molar refractivity (Wildman–Crippen MR) is 69.2 cm³/mol. The average molecular weight is 252 g/mol. The van der Waals surface area contributed by atoms with E-state index >= 15 is 0 Å². The molecule has 0 aliphatic heterocycles. The van der Waals surface area contributed by atoms with Gasteiger partial charge in [0.05, 0.1) is 12.5 Å². The summed E-state index contributed by atoms with van der Waals surface area (Å²) in [6, 6.07) is 3.67. The Morgan fingerprint density at radius 2 is 1.94 bits per heavy atom. The molecule has 18 heavy (non-hydrogen) atoms. The lowest BCUT2D eigenvalue weighted by molar-refractivity contribution is -0.143. The molecule has 0 saturated heterocycles. The number of rotatable bonds is 5.